The lowest BCUT2D eigenvalue weighted by atomic mass is 10.1. The number of primary amides is 1. The smallest absolute Gasteiger partial charge is 0.345 e. The summed E-state index contributed by atoms with van der Waals surface area (Å²) in [7, 11) is 0. The molecule has 19 heavy (non-hydrogen) atoms. The average Bonchev–Trinajstić information content (AvgIpc) is 2.85. The number of aryl methyl sites for hydroxylation is 1. The predicted molar refractivity (Wildman–Crippen MR) is 71.2 cm³/mol. The summed E-state index contributed by atoms with van der Waals surface area (Å²) in [6.45, 7) is 3.67. The summed E-state index contributed by atoms with van der Waals surface area (Å²) in [5, 5.41) is 13.2. The van der Waals surface area contributed by atoms with Gasteiger partial charge in [0.05, 0.1) is 5.69 Å². The van der Waals surface area contributed by atoms with E-state index in [4.69, 9.17) is 10.8 Å². The molecular weight excluding hydrogens is 266 g/mol. The van der Waals surface area contributed by atoms with Gasteiger partial charge >= 0.3 is 5.97 Å². The normalized spacial score (nSPS) is 10.6. The molecule has 7 heteroatoms. The molecule has 0 radical (unpaired) electrons. The third-order valence-electron chi connectivity index (χ3n) is 2.75. The Labute approximate surface area is 113 Å². The van der Waals surface area contributed by atoms with Crippen molar-refractivity contribution < 1.29 is 14.7 Å². The van der Waals surface area contributed by atoms with Gasteiger partial charge in [-0.25, -0.2) is 4.79 Å². The molecule has 2 aromatic heterocycles. The first-order valence-corrected chi connectivity index (χ1v) is 6.37. The number of carbonyl (C=O) groups is 2. The topological polar surface area (TPSA) is 98.2 Å². The van der Waals surface area contributed by atoms with E-state index in [0.29, 0.717) is 0 Å². The van der Waals surface area contributed by atoms with Gasteiger partial charge in [0.15, 0.2) is 0 Å². The molecule has 3 N–H and O–H groups in total. The van der Waals surface area contributed by atoms with E-state index in [1.54, 1.807) is 12.1 Å². The lowest BCUT2D eigenvalue weighted by Gasteiger charge is -2.01. The van der Waals surface area contributed by atoms with Gasteiger partial charge in [0, 0.05) is 16.1 Å². The lowest BCUT2D eigenvalue weighted by Crippen LogP contribution is -2.20. The van der Waals surface area contributed by atoms with Crippen LogP contribution in [0, 0.1) is 13.8 Å². The Morgan fingerprint density at radius 3 is 2.63 bits per heavy atom. The largest absolute Gasteiger partial charge is 0.477 e. The number of carbonyl (C=O) groups excluding carboxylic acids is 1. The maximum Gasteiger partial charge on any atom is 0.345 e. The fourth-order valence-electron chi connectivity index (χ4n) is 1.94. The predicted octanol–water partition coefficient (Wildman–Crippen LogP) is 1.41. The fraction of sp³-hybridized carbons (Fsp3) is 0.250. The zero-order chi connectivity index (χ0) is 14.2. The molecule has 100 valence electrons. The summed E-state index contributed by atoms with van der Waals surface area (Å²) >= 11 is 1.19. The van der Waals surface area contributed by atoms with Gasteiger partial charge in [-0.3, -0.25) is 9.48 Å². The van der Waals surface area contributed by atoms with Gasteiger partial charge < -0.3 is 10.8 Å². The summed E-state index contributed by atoms with van der Waals surface area (Å²) < 4.78 is 1.53. The van der Waals surface area contributed by atoms with Crippen molar-refractivity contribution >= 4 is 23.2 Å². The second-order valence-corrected chi connectivity index (χ2v) is 5.22. The molecule has 0 aliphatic heterocycles. The van der Waals surface area contributed by atoms with Crippen molar-refractivity contribution in [2.75, 3.05) is 0 Å². The Balaban J connectivity index is 2.46. The van der Waals surface area contributed by atoms with Crippen molar-refractivity contribution in [1.29, 1.82) is 0 Å². The molecule has 0 unspecified atom stereocenters. The number of rotatable bonds is 4. The van der Waals surface area contributed by atoms with Gasteiger partial charge in [0.2, 0.25) is 5.91 Å². The number of carboxylic acids is 1. The number of hydrogen-bond donors (Lipinski definition) is 2. The van der Waals surface area contributed by atoms with E-state index >= 15 is 0 Å². The molecule has 2 aromatic rings. The summed E-state index contributed by atoms with van der Waals surface area (Å²) in [6.07, 6.45) is 0. The third-order valence-corrected chi connectivity index (χ3v) is 3.84. The van der Waals surface area contributed by atoms with E-state index in [1.807, 2.05) is 13.8 Å². The zero-order valence-corrected chi connectivity index (χ0v) is 11.3. The Morgan fingerprint density at radius 1 is 1.42 bits per heavy atom. The lowest BCUT2D eigenvalue weighted by molar-refractivity contribution is -0.118. The van der Waals surface area contributed by atoms with Crippen molar-refractivity contribution in [3.05, 3.63) is 28.4 Å². The number of nitrogens with zero attached hydrogens (tertiary/aromatic N) is 2. The summed E-state index contributed by atoms with van der Waals surface area (Å²) in [5.74, 6) is -1.41. The van der Waals surface area contributed by atoms with Gasteiger partial charge in [-0.15, -0.1) is 11.3 Å². The number of hydrogen-bond acceptors (Lipinski definition) is 4. The fourth-order valence-corrected chi connectivity index (χ4v) is 2.94. The summed E-state index contributed by atoms with van der Waals surface area (Å²) in [5.41, 5.74) is 7.57. The highest BCUT2D eigenvalue weighted by atomic mass is 32.1. The SMILES string of the molecule is Cc1nn(CC(N)=O)c(C)c1-c1ccc(C(=O)O)s1. The molecule has 2 rings (SSSR count). The Bertz CT molecular complexity index is 657. The Kier molecular flexibility index (Phi) is 3.39. The number of thiophene rings is 1. The monoisotopic (exact) mass is 279 g/mol. The molecule has 0 saturated heterocycles. The molecule has 0 atom stereocenters. The second kappa shape index (κ2) is 4.85. The van der Waals surface area contributed by atoms with Crippen LogP contribution >= 0.6 is 11.3 Å². The molecule has 0 fully saturated rings. The Morgan fingerprint density at radius 2 is 2.11 bits per heavy atom. The van der Waals surface area contributed by atoms with Crippen molar-refractivity contribution in [2.45, 2.75) is 20.4 Å². The first-order chi connectivity index (χ1) is 8.90. The van der Waals surface area contributed by atoms with E-state index in [0.717, 1.165) is 21.8 Å². The highest BCUT2D eigenvalue weighted by Gasteiger charge is 2.17. The van der Waals surface area contributed by atoms with Gasteiger partial charge in [-0.1, -0.05) is 0 Å². The van der Waals surface area contributed by atoms with E-state index in [1.165, 1.54) is 16.0 Å². The molecule has 0 aromatic carbocycles. The van der Waals surface area contributed by atoms with Crippen LogP contribution in [0.1, 0.15) is 21.1 Å². The number of aromatic nitrogens is 2. The first-order valence-electron chi connectivity index (χ1n) is 5.56. The van der Waals surface area contributed by atoms with Crippen LogP contribution in [0.5, 0.6) is 0 Å². The minimum Gasteiger partial charge on any atom is -0.477 e. The van der Waals surface area contributed by atoms with Crippen LogP contribution in [-0.2, 0) is 11.3 Å². The molecule has 6 nitrogen and oxygen atoms in total. The van der Waals surface area contributed by atoms with E-state index in [9.17, 15) is 9.59 Å². The van der Waals surface area contributed by atoms with E-state index in [-0.39, 0.29) is 11.4 Å². The van der Waals surface area contributed by atoms with Crippen LogP contribution in [0.3, 0.4) is 0 Å². The van der Waals surface area contributed by atoms with Crippen LogP contribution in [0.15, 0.2) is 12.1 Å². The number of amides is 1. The summed E-state index contributed by atoms with van der Waals surface area (Å²) in [4.78, 5) is 22.9. The van der Waals surface area contributed by atoms with Crippen molar-refractivity contribution in [2.24, 2.45) is 5.73 Å². The van der Waals surface area contributed by atoms with E-state index in [2.05, 4.69) is 5.10 Å². The maximum atomic E-state index is 11.0. The van der Waals surface area contributed by atoms with E-state index < -0.39 is 11.9 Å². The number of aromatic carboxylic acids is 1. The number of carboxylic acid groups (broad SMARTS) is 1. The molecule has 0 bridgehead atoms. The van der Waals surface area contributed by atoms with Crippen molar-refractivity contribution in [3.63, 3.8) is 0 Å². The van der Waals surface area contributed by atoms with Crippen LogP contribution in [-0.4, -0.2) is 26.8 Å². The number of nitrogens with two attached hydrogens (primary N) is 1. The molecular formula is C12H13N3O3S. The van der Waals surface area contributed by atoms with Gasteiger partial charge in [0.25, 0.3) is 0 Å². The quantitative estimate of drug-likeness (QED) is 0.884. The Hall–Kier alpha value is -2.15. The molecule has 0 aliphatic rings. The van der Waals surface area contributed by atoms with Gasteiger partial charge in [0.1, 0.15) is 11.4 Å². The van der Waals surface area contributed by atoms with Gasteiger partial charge in [-0.2, -0.15) is 5.10 Å². The van der Waals surface area contributed by atoms with Crippen LogP contribution < -0.4 is 5.73 Å². The zero-order valence-electron chi connectivity index (χ0n) is 10.5. The van der Waals surface area contributed by atoms with Gasteiger partial charge in [-0.05, 0) is 26.0 Å². The minimum atomic E-state index is -0.948. The minimum absolute atomic E-state index is 0.0177. The maximum absolute atomic E-state index is 11.0. The highest BCUT2D eigenvalue weighted by molar-refractivity contribution is 7.17. The van der Waals surface area contributed by atoms with Crippen LogP contribution in [0.2, 0.25) is 0 Å². The molecule has 0 aliphatic carbocycles. The standard InChI is InChI=1S/C12H13N3O3S/c1-6-11(7(2)15(14-6)5-10(13)16)8-3-4-9(19-8)12(17)18/h3-4H,5H2,1-2H3,(H2,13,16)(H,17,18). The highest BCUT2D eigenvalue weighted by Crippen LogP contribution is 2.32. The van der Waals surface area contributed by atoms with Crippen LogP contribution in [0.4, 0.5) is 0 Å². The third kappa shape index (κ3) is 2.50. The van der Waals surface area contributed by atoms with Crippen molar-refractivity contribution in [3.8, 4) is 10.4 Å². The van der Waals surface area contributed by atoms with Crippen molar-refractivity contribution in [1.82, 2.24) is 9.78 Å². The molecule has 2 heterocycles. The first kappa shape index (κ1) is 13.3. The summed E-state index contributed by atoms with van der Waals surface area (Å²) in [6, 6.07) is 3.31. The molecule has 1 amide bonds. The molecule has 0 saturated carbocycles. The second-order valence-electron chi connectivity index (χ2n) is 4.14. The molecule has 0 spiro atoms. The van der Waals surface area contributed by atoms with Crippen LogP contribution in [0.25, 0.3) is 10.4 Å². The average molecular weight is 279 g/mol.